The number of aromatic nitrogens is 6. The van der Waals surface area contributed by atoms with Gasteiger partial charge in [0.15, 0.2) is 19.6 Å². The molecule has 0 unspecified atom stereocenters. The highest BCUT2D eigenvalue weighted by atomic mass is 15.1. The fourth-order valence-corrected chi connectivity index (χ4v) is 4.84. The van der Waals surface area contributed by atoms with Crippen LogP contribution in [0.25, 0.3) is 0 Å². The second kappa shape index (κ2) is 10.9. The zero-order valence-electron chi connectivity index (χ0n) is 21.4. The highest BCUT2D eigenvalue weighted by Crippen LogP contribution is 2.27. The third-order valence-corrected chi connectivity index (χ3v) is 6.80. The average molecular weight is 478 g/mol. The van der Waals surface area contributed by atoms with Gasteiger partial charge in [-0.3, -0.25) is 0 Å². The van der Waals surface area contributed by atoms with Crippen LogP contribution in [0.3, 0.4) is 0 Å². The lowest BCUT2D eigenvalue weighted by atomic mass is 9.87. The Morgan fingerprint density at radius 2 is 0.833 bits per heavy atom. The van der Waals surface area contributed by atoms with Crippen LogP contribution in [0.2, 0.25) is 0 Å². The summed E-state index contributed by atoms with van der Waals surface area (Å²) in [6, 6.07) is 0. The molecule has 6 heteroatoms. The van der Waals surface area contributed by atoms with Gasteiger partial charge < -0.3 is 0 Å². The van der Waals surface area contributed by atoms with Gasteiger partial charge in [-0.05, 0) is 37.5 Å². The number of benzene rings is 1. The molecule has 6 nitrogen and oxygen atoms in total. The monoisotopic (exact) mass is 477 g/mol. The van der Waals surface area contributed by atoms with Crippen LogP contribution in [0.5, 0.6) is 0 Å². The maximum absolute atomic E-state index is 5.51. The SMILES string of the molecule is C#CCn1cc[n+](Cc2c(C)c(C[n+]3ccn(CC#C)c3)c(C)c(C[n+]3ccn(CC#C)c3)c2C)c1. The van der Waals surface area contributed by atoms with Crippen molar-refractivity contribution < 1.29 is 13.7 Å². The molecule has 0 atom stereocenters. The van der Waals surface area contributed by atoms with E-state index in [2.05, 4.69) is 89.8 Å². The summed E-state index contributed by atoms with van der Waals surface area (Å²) in [5, 5.41) is 0. The minimum absolute atomic E-state index is 0.561. The van der Waals surface area contributed by atoms with Crippen molar-refractivity contribution in [1.82, 2.24) is 13.7 Å². The van der Waals surface area contributed by atoms with Gasteiger partial charge >= 0.3 is 0 Å². The van der Waals surface area contributed by atoms with Gasteiger partial charge in [-0.25, -0.2) is 27.4 Å². The lowest BCUT2D eigenvalue weighted by Gasteiger charge is -2.20. The Kier molecular flexibility index (Phi) is 7.43. The Balaban J connectivity index is 1.77. The molecular weight excluding hydrogens is 444 g/mol. The summed E-state index contributed by atoms with van der Waals surface area (Å²) in [6.07, 6.45) is 35.0. The number of nitrogens with zero attached hydrogens (tertiary/aromatic N) is 6. The van der Waals surface area contributed by atoms with Crippen LogP contribution >= 0.6 is 0 Å². The summed E-state index contributed by atoms with van der Waals surface area (Å²) in [5.41, 5.74) is 7.96. The van der Waals surface area contributed by atoms with E-state index in [0.29, 0.717) is 19.6 Å². The van der Waals surface area contributed by atoms with Crippen molar-refractivity contribution in [3.63, 3.8) is 0 Å². The van der Waals surface area contributed by atoms with Gasteiger partial charge in [0.2, 0.25) is 19.0 Å². The number of hydrogen-bond donors (Lipinski definition) is 0. The fraction of sp³-hybridized carbons (Fsp3) is 0.300. The molecule has 0 amide bonds. The number of hydrogen-bond acceptors (Lipinski definition) is 0. The molecule has 0 spiro atoms. The largest absolute Gasteiger partial charge is 0.244 e. The van der Waals surface area contributed by atoms with E-state index >= 15 is 0 Å². The molecule has 4 aromatic rings. The van der Waals surface area contributed by atoms with Crippen LogP contribution in [0.15, 0.2) is 56.2 Å². The highest BCUT2D eigenvalue weighted by molar-refractivity contribution is 5.49. The van der Waals surface area contributed by atoms with E-state index in [1.54, 1.807) is 0 Å². The maximum Gasteiger partial charge on any atom is 0.244 e. The molecular formula is C30H33N6+3. The molecule has 0 fully saturated rings. The van der Waals surface area contributed by atoms with E-state index in [4.69, 9.17) is 19.3 Å². The molecule has 4 rings (SSSR count). The van der Waals surface area contributed by atoms with Crippen LogP contribution in [-0.2, 0) is 39.3 Å². The summed E-state index contributed by atoms with van der Waals surface area (Å²) in [7, 11) is 0. The molecule has 0 saturated heterocycles. The van der Waals surface area contributed by atoms with Crippen molar-refractivity contribution in [2.75, 3.05) is 0 Å². The molecule has 3 aromatic heterocycles. The van der Waals surface area contributed by atoms with Gasteiger partial charge in [0.25, 0.3) is 0 Å². The van der Waals surface area contributed by atoms with Gasteiger partial charge in [0, 0.05) is 16.7 Å². The molecule has 0 aliphatic carbocycles. The second-order valence-corrected chi connectivity index (χ2v) is 9.20. The Hall–Kier alpha value is -4.47. The smallest absolute Gasteiger partial charge is 0.233 e. The van der Waals surface area contributed by atoms with Crippen molar-refractivity contribution in [2.24, 2.45) is 0 Å². The van der Waals surface area contributed by atoms with E-state index in [-0.39, 0.29) is 0 Å². The summed E-state index contributed by atoms with van der Waals surface area (Å²) in [6.45, 7) is 10.7. The zero-order chi connectivity index (χ0) is 25.7. The lowest BCUT2D eigenvalue weighted by molar-refractivity contribution is -0.690. The van der Waals surface area contributed by atoms with E-state index < -0.39 is 0 Å². The molecule has 1 aromatic carbocycles. The van der Waals surface area contributed by atoms with Crippen LogP contribution in [0, 0.1) is 57.8 Å². The first-order valence-electron chi connectivity index (χ1n) is 12.0. The fourth-order valence-electron chi connectivity index (χ4n) is 4.84. The minimum atomic E-state index is 0.561. The average Bonchev–Trinajstić information content (AvgIpc) is 3.60. The van der Waals surface area contributed by atoms with Crippen molar-refractivity contribution in [3.8, 4) is 37.0 Å². The Morgan fingerprint density at radius 3 is 1.08 bits per heavy atom. The third kappa shape index (κ3) is 5.27. The lowest BCUT2D eigenvalue weighted by Crippen LogP contribution is -2.37. The van der Waals surface area contributed by atoms with Gasteiger partial charge in [-0.15, -0.1) is 19.3 Å². The number of imidazole rings is 3. The van der Waals surface area contributed by atoms with Crippen LogP contribution in [-0.4, -0.2) is 13.7 Å². The van der Waals surface area contributed by atoms with Gasteiger partial charge in [-0.2, -0.15) is 0 Å². The van der Waals surface area contributed by atoms with Gasteiger partial charge in [-0.1, -0.05) is 17.8 Å². The van der Waals surface area contributed by atoms with Gasteiger partial charge in [0.1, 0.15) is 56.8 Å². The number of terminal acetylenes is 3. The topological polar surface area (TPSA) is 26.4 Å². The maximum atomic E-state index is 5.51. The Bertz CT molecular complexity index is 1300. The molecule has 180 valence electrons. The van der Waals surface area contributed by atoms with Crippen molar-refractivity contribution in [3.05, 3.63) is 89.5 Å². The molecule has 36 heavy (non-hydrogen) atoms. The standard InChI is InChI=1S/C30H33N6/c1-7-10-31-13-16-34(22-31)19-28-25(4)29(20-35-17-14-32(23-35)11-8-2)27(6)30(26(28)5)21-36-18-15-33(24-36)12-9-3/h1-3,13-18,22-24H,10-12,19-21H2,4-6H3/q+3. The third-order valence-electron chi connectivity index (χ3n) is 6.80. The zero-order valence-corrected chi connectivity index (χ0v) is 21.4. The summed E-state index contributed by atoms with van der Waals surface area (Å²) >= 11 is 0. The highest BCUT2D eigenvalue weighted by Gasteiger charge is 2.22. The first-order valence-corrected chi connectivity index (χ1v) is 12.0. The Morgan fingerprint density at radius 1 is 0.556 bits per heavy atom. The Labute approximate surface area is 214 Å². The first kappa shape index (κ1) is 24.6. The summed E-state index contributed by atoms with van der Waals surface area (Å²) < 4.78 is 12.7. The van der Waals surface area contributed by atoms with Gasteiger partial charge in [0.05, 0.1) is 0 Å². The first-order chi connectivity index (χ1) is 17.4. The summed E-state index contributed by atoms with van der Waals surface area (Å²) in [4.78, 5) is 0. The van der Waals surface area contributed by atoms with Crippen molar-refractivity contribution >= 4 is 0 Å². The minimum Gasteiger partial charge on any atom is -0.233 e. The van der Waals surface area contributed by atoms with Crippen molar-refractivity contribution in [2.45, 2.75) is 60.0 Å². The molecule has 0 radical (unpaired) electrons. The van der Waals surface area contributed by atoms with E-state index in [9.17, 15) is 0 Å². The predicted octanol–water partition coefficient (Wildman–Crippen LogP) is 1.92. The molecule has 0 aliphatic rings. The summed E-state index contributed by atoms with van der Waals surface area (Å²) in [5.74, 6) is 8.11. The quantitative estimate of drug-likeness (QED) is 0.260. The molecule has 3 heterocycles. The molecule has 0 saturated carbocycles. The normalized spacial score (nSPS) is 10.7. The predicted molar refractivity (Wildman–Crippen MR) is 138 cm³/mol. The molecule has 0 N–H and O–H groups in total. The number of rotatable bonds is 9. The van der Waals surface area contributed by atoms with E-state index in [0.717, 1.165) is 19.6 Å². The van der Waals surface area contributed by atoms with E-state index in [1.165, 1.54) is 33.4 Å². The van der Waals surface area contributed by atoms with Crippen LogP contribution < -0.4 is 13.7 Å². The molecule has 0 bridgehead atoms. The van der Waals surface area contributed by atoms with Crippen LogP contribution in [0.4, 0.5) is 0 Å². The van der Waals surface area contributed by atoms with Crippen LogP contribution in [0.1, 0.15) is 33.4 Å². The second-order valence-electron chi connectivity index (χ2n) is 9.20. The van der Waals surface area contributed by atoms with E-state index in [1.807, 2.05) is 32.3 Å². The van der Waals surface area contributed by atoms with Crippen molar-refractivity contribution in [1.29, 1.82) is 0 Å². The molecule has 0 aliphatic heterocycles.